The molecule has 0 radical (unpaired) electrons. The highest BCUT2D eigenvalue weighted by molar-refractivity contribution is 6.31. The van der Waals surface area contributed by atoms with Crippen LogP contribution in [0.4, 0.5) is 5.69 Å². The molecule has 144 valence electrons. The van der Waals surface area contributed by atoms with Crippen LogP contribution in [0, 0.1) is 6.92 Å². The summed E-state index contributed by atoms with van der Waals surface area (Å²) in [5, 5.41) is 3.63. The third kappa shape index (κ3) is 4.25. The van der Waals surface area contributed by atoms with Gasteiger partial charge >= 0.3 is 0 Å². The summed E-state index contributed by atoms with van der Waals surface area (Å²) in [7, 11) is 0. The lowest BCUT2D eigenvalue weighted by Gasteiger charge is -2.36. The van der Waals surface area contributed by atoms with E-state index in [4.69, 9.17) is 21.1 Å². The number of amides is 1. The zero-order valence-corrected chi connectivity index (χ0v) is 16.5. The molecule has 1 saturated heterocycles. The molecule has 1 amide bonds. The van der Waals surface area contributed by atoms with Crippen LogP contribution in [0.5, 0.6) is 5.88 Å². The number of aryl methyl sites for hydroxylation is 1. The second-order valence-corrected chi connectivity index (χ2v) is 7.23. The van der Waals surface area contributed by atoms with Gasteiger partial charge in [0.2, 0.25) is 11.8 Å². The Kier molecular flexibility index (Phi) is 6.34. The lowest BCUT2D eigenvalue weighted by molar-refractivity contribution is -0.125. The molecular weight excluding hydrogens is 364 g/mol. The van der Waals surface area contributed by atoms with Crippen molar-refractivity contribution in [2.75, 3.05) is 25.1 Å². The Hall–Kier alpha value is -2.11. The van der Waals surface area contributed by atoms with Crippen LogP contribution in [0.3, 0.4) is 0 Å². The van der Waals surface area contributed by atoms with Crippen molar-refractivity contribution in [3.05, 3.63) is 52.7 Å². The van der Waals surface area contributed by atoms with Crippen molar-refractivity contribution in [1.29, 1.82) is 0 Å². The molecule has 0 unspecified atom stereocenters. The molecule has 0 atom stereocenters. The Morgan fingerprint density at radius 2 is 2.07 bits per heavy atom. The second-order valence-electron chi connectivity index (χ2n) is 6.82. The molecule has 0 bridgehead atoms. The van der Waals surface area contributed by atoms with Crippen molar-refractivity contribution in [3.63, 3.8) is 0 Å². The molecule has 27 heavy (non-hydrogen) atoms. The zero-order chi connectivity index (χ0) is 19.3. The molecule has 0 aliphatic carbocycles. The molecule has 0 saturated carbocycles. The van der Waals surface area contributed by atoms with Gasteiger partial charge < -0.3 is 14.8 Å². The number of carbonyl (C=O) groups is 1. The molecule has 1 aromatic carbocycles. The smallest absolute Gasteiger partial charge is 0.235 e. The number of anilines is 1. The number of benzene rings is 1. The Labute approximate surface area is 165 Å². The van der Waals surface area contributed by atoms with Crippen molar-refractivity contribution in [2.45, 2.75) is 38.5 Å². The van der Waals surface area contributed by atoms with Crippen LogP contribution < -0.4 is 10.1 Å². The summed E-state index contributed by atoms with van der Waals surface area (Å²) in [4.78, 5) is 17.7. The second kappa shape index (κ2) is 8.72. The summed E-state index contributed by atoms with van der Waals surface area (Å²) in [5.41, 5.74) is 1.68. The first-order chi connectivity index (χ1) is 13.1. The normalized spacial score (nSPS) is 16.0. The number of carbonyl (C=O) groups excluding carboxylic acids is 1. The molecule has 1 fully saturated rings. The van der Waals surface area contributed by atoms with Gasteiger partial charge in [0.05, 0.1) is 23.9 Å². The molecule has 0 spiro atoms. The van der Waals surface area contributed by atoms with Crippen molar-refractivity contribution >= 4 is 23.2 Å². The Morgan fingerprint density at radius 1 is 1.33 bits per heavy atom. The Balaban J connectivity index is 1.86. The first-order valence-corrected chi connectivity index (χ1v) is 9.68. The molecule has 5 nitrogen and oxygen atoms in total. The van der Waals surface area contributed by atoms with Gasteiger partial charge in [0.25, 0.3) is 0 Å². The SMILES string of the molecule is CCCOc1ncc(NC(=O)C2(c3ccccc3Cl)CCOCC2)cc1C. The maximum absolute atomic E-state index is 13.3. The maximum Gasteiger partial charge on any atom is 0.235 e. The van der Waals surface area contributed by atoms with E-state index in [1.165, 1.54) is 0 Å². The van der Waals surface area contributed by atoms with Gasteiger partial charge in [-0.3, -0.25) is 4.79 Å². The van der Waals surface area contributed by atoms with Crippen LogP contribution in [0.25, 0.3) is 0 Å². The van der Waals surface area contributed by atoms with Gasteiger partial charge in [-0.25, -0.2) is 4.98 Å². The molecular formula is C21H25ClN2O3. The Bertz CT molecular complexity index is 804. The van der Waals surface area contributed by atoms with E-state index >= 15 is 0 Å². The number of nitrogens with one attached hydrogen (secondary N) is 1. The summed E-state index contributed by atoms with van der Waals surface area (Å²) in [6.07, 6.45) is 3.73. The molecule has 1 aliphatic rings. The van der Waals surface area contributed by atoms with E-state index in [9.17, 15) is 4.79 Å². The number of ether oxygens (including phenoxy) is 2. The molecule has 1 aliphatic heterocycles. The molecule has 2 heterocycles. The third-order valence-corrected chi connectivity index (χ3v) is 5.23. The molecule has 1 aromatic heterocycles. The fourth-order valence-electron chi connectivity index (χ4n) is 3.42. The highest BCUT2D eigenvalue weighted by Crippen LogP contribution is 2.39. The molecule has 3 rings (SSSR count). The third-order valence-electron chi connectivity index (χ3n) is 4.90. The van der Waals surface area contributed by atoms with Crippen molar-refractivity contribution in [3.8, 4) is 5.88 Å². The van der Waals surface area contributed by atoms with Crippen LogP contribution in [0.1, 0.15) is 37.3 Å². The summed E-state index contributed by atoms with van der Waals surface area (Å²) in [5.74, 6) is 0.518. The van der Waals surface area contributed by atoms with E-state index in [0.29, 0.717) is 49.3 Å². The minimum absolute atomic E-state index is 0.0812. The molecule has 1 N–H and O–H groups in total. The van der Waals surface area contributed by atoms with Gasteiger partial charge in [0, 0.05) is 23.8 Å². The van der Waals surface area contributed by atoms with Crippen LogP contribution in [-0.4, -0.2) is 30.7 Å². The monoisotopic (exact) mass is 388 g/mol. The average molecular weight is 389 g/mol. The number of halogens is 1. The molecule has 2 aromatic rings. The predicted molar refractivity (Wildman–Crippen MR) is 107 cm³/mol. The van der Waals surface area contributed by atoms with Gasteiger partial charge in [-0.05, 0) is 43.9 Å². The summed E-state index contributed by atoms with van der Waals surface area (Å²) >= 11 is 6.44. The van der Waals surface area contributed by atoms with Crippen LogP contribution in [-0.2, 0) is 14.9 Å². The highest BCUT2D eigenvalue weighted by Gasteiger charge is 2.43. The van der Waals surface area contributed by atoms with Gasteiger partial charge in [0.1, 0.15) is 0 Å². The summed E-state index contributed by atoms with van der Waals surface area (Å²) in [6.45, 7) is 5.65. The van der Waals surface area contributed by atoms with Gasteiger partial charge in [-0.15, -0.1) is 0 Å². The van der Waals surface area contributed by atoms with Crippen molar-refractivity contribution in [2.24, 2.45) is 0 Å². The highest BCUT2D eigenvalue weighted by atomic mass is 35.5. The minimum atomic E-state index is -0.706. The number of hydrogen-bond acceptors (Lipinski definition) is 4. The summed E-state index contributed by atoms with van der Waals surface area (Å²) in [6, 6.07) is 9.43. The first kappa shape index (κ1) is 19.6. The number of aromatic nitrogens is 1. The number of nitrogens with zero attached hydrogens (tertiary/aromatic N) is 1. The number of rotatable bonds is 6. The topological polar surface area (TPSA) is 60.5 Å². The lowest BCUT2D eigenvalue weighted by Crippen LogP contribution is -2.45. The average Bonchev–Trinajstić information content (AvgIpc) is 2.68. The van der Waals surface area contributed by atoms with E-state index in [1.807, 2.05) is 44.2 Å². The van der Waals surface area contributed by atoms with Gasteiger partial charge in [0.15, 0.2) is 0 Å². The zero-order valence-electron chi connectivity index (χ0n) is 15.8. The maximum atomic E-state index is 13.3. The fourth-order valence-corrected chi connectivity index (χ4v) is 3.74. The van der Waals surface area contributed by atoms with Gasteiger partial charge in [-0.2, -0.15) is 0 Å². The number of hydrogen-bond donors (Lipinski definition) is 1. The van der Waals surface area contributed by atoms with Crippen molar-refractivity contribution < 1.29 is 14.3 Å². The lowest BCUT2D eigenvalue weighted by atomic mass is 9.73. The van der Waals surface area contributed by atoms with Crippen molar-refractivity contribution in [1.82, 2.24) is 4.98 Å². The van der Waals surface area contributed by atoms with E-state index in [0.717, 1.165) is 17.5 Å². The Morgan fingerprint density at radius 3 is 2.74 bits per heavy atom. The fraction of sp³-hybridized carbons (Fsp3) is 0.429. The summed E-state index contributed by atoms with van der Waals surface area (Å²) < 4.78 is 11.1. The van der Waals surface area contributed by atoms with E-state index in [1.54, 1.807) is 6.20 Å². The largest absolute Gasteiger partial charge is 0.477 e. The van der Waals surface area contributed by atoms with E-state index in [-0.39, 0.29) is 5.91 Å². The minimum Gasteiger partial charge on any atom is -0.477 e. The van der Waals surface area contributed by atoms with Gasteiger partial charge in [-0.1, -0.05) is 36.7 Å². The van der Waals surface area contributed by atoms with E-state index in [2.05, 4.69) is 10.3 Å². The van der Waals surface area contributed by atoms with Crippen LogP contribution >= 0.6 is 11.6 Å². The first-order valence-electron chi connectivity index (χ1n) is 9.30. The standard InChI is InChI=1S/C21H25ClN2O3/c1-3-10-27-19-15(2)13-16(14-23-19)24-20(25)21(8-11-26-12-9-21)17-6-4-5-7-18(17)22/h4-7,13-14H,3,8-12H2,1-2H3,(H,24,25). The van der Waals surface area contributed by atoms with Crippen LogP contribution in [0.2, 0.25) is 5.02 Å². The molecule has 6 heteroatoms. The number of pyridine rings is 1. The van der Waals surface area contributed by atoms with Crippen LogP contribution in [0.15, 0.2) is 36.5 Å². The predicted octanol–water partition coefficient (Wildman–Crippen LogP) is 4.52. The van der Waals surface area contributed by atoms with E-state index < -0.39 is 5.41 Å². The quantitative estimate of drug-likeness (QED) is 0.790.